The molecule has 0 radical (unpaired) electrons. The zero-order valence-corrected chi connectivity index (χ0v) is 27.4. The van der Waals surface area contributed by atoms with Gasteiger partial charge in [0.25, 0.3) is 5.56 Å². The van der Waals surface area contributed by atoms with Crippen LogP contribution in [0.25, 0.3) is 22.3 Å². The maximum Gasteiger partial charge on any atom is 0.277 e. The number of carbonyl (C=O) groups excluding carboxylic acids is 1. The number of hydrogen-bond acceptors (Lipinski definition) is 8. The molecule has 3 aromatic rings. The number of nitrogens with one attached hydrogen (secondary N) is 1. The van der Waals surface area contributed by atoms with E-state index >= 15 is 0 Å². The molecule has 1 saturated heterocycles. The van der Waals surface area contributed by atoms with Gasteiger partial charge in [0, 0.05) is 55.5 Å². The molecule has 0 bridgehead atoms. The van der Waals surface area contributed by atoms with Crippen molar-refractivity contribution in [2.45, 2.75) is 38.8 Å². The molecule has 0 spiro atoms. The van der Waals surface area contributed by atoms with Crippen molar-refractivity contribution in [3.05, 3.63) is 49.8 Å². The number of carbonyl (C=O) groups is 1. The summed E-state index contributed by atoms with van der Waals surface area (Å²) < 4.78 is 14.1. The normalized spacial score (nSPS) is 14.4. The molecule has 1 fully saturated rings. The van der Waals surface area contributed by atoms with Gasteiger partial charge in [-0.1, -0.05) is 6.08 Å². The summed E-state index contributed by atoms with van der Waals surface area (Å²) in [6.45, 7) is 5.86. The fourth-order valence-corrected chi connectivity index (χ4v) is 6.51. The summed E-state index contributed by atoms with van der Waals surface area (Å²) in [6, 6.07) is 3.65. The van der Waals surface area contributed by atoms with E-state index in [4.69, 9.17) is 14.5 Å². The quantitative estimate of drug-likeness (QED) is 0.310. The molecule has 1 aromatic carbocycles. The van der Waals surface area contributed by atoms with Gasteiger partial charge < -0.3 is 29.2 Å². The minimum absolute atomic E-state index is 0.0121. The van der Waals surface area contributed by atoms with E-state index in [0.29, 0.717) is 75.3 Å². The van der Waals surface area contributed by atoms with Crippen molar-refractivity contribution < 1.29 is 14.3 Å². The summed E-state index contributed by atoms with van der Waals surface area (Å²) in [5, 5.41) is 3.32. The van der Waals surface area contributed by atoms with Crippen LogP contribution in [0.4, 0.5) is 5.82 Å². The average molecular weight is 692 g/mol. The van der Waals surface area contributed by atoms with Crippen LogP contribution in [0.2, 0.25) is 0 Å². The van der Waals surface area contributed by atoms with Crippen LogP contribution < -0.4 is 20.3 Å². The summed E-state index contributed by atoms with van der Waals surface area (Å²) in [6.07, 6.45) is 6.45. The van der Waals surface area contributed by atoms with Gasteiger partial charge in [-0.25, -0.2) is 9.97 Å². The average Bonchev–Trinajstić information content (AvgIpc) is 2.93. The van der Waals surface area contributed by atoms with Gasteiger partial charge in [0.15, 0.2) is 0 Å². The first kappa shape index (κ1) is 31.0. The Morgan fingerprint density at radius 3 is 2.34 bits per heavy atom. The molecule has 2 aromatic heterocycles. The number of piperidine rings is 1. The number of pyridine rings is 1. The Balaban J connectivity index is 1.83. The van der Waals surface area contributed by atoms with Crippen LogP contribution in [0.1, 0.15) is 32.7 Å². The second-order valence-corrected chi connectivity index (χ2v) is 12.1. The zero-order chi connectivity index (χ0) is 29.8. The van der Waals surface area contributed by atoms with Crippen molar-refractivity contribution in [2.24, 2.45) is 0 Å². The lowest BCUT2D eigenvalue weighted by Gasteiger charge is -2.33. The Bertz CT molecular complexity index is 1490. The summed E-state index contributed by atoms with van der Waals surface area (Å²) >= 11 is 7.25. The molecule has 0 atom stereocenters. The van der Waals surface area contributed by atoms with Crippen molar-refractivity contribution in [1.82, 2.24) is 24.3 Å². The van der Waals surface area contributed by atoms with E-state index in [-0.39, 0.29) is 29.2 Å². The van der Waals surface area contributed by atoms with Crippen LogP contribution in [0.5, 0.6) is 11.5 Å². The van der Waals surface area contributed by atoms with Crippen LogP contribution in [-0.2, 0) is 4.79 Å². The van der Waals surface area contributed by atoms with Gasteiger partial charge >= 0.3 is 0 Å². The largest absolute Gasteiger partial charge is 0.495 e. The molecule has 41 heavy (non-hydrogen) atoms. The molecule has 1 amide bonds. The Morgan fingerprint density at radius 2 is 1.78 bits per heavy atom. The Labute approximate surface area is 257 Å². The number of fused-ring (bicyclic) bond motifs is 1. The van der Waals surface area contributed by atoms with Gasteiger partial charge in [-0.3, -0.25) is 9.59 Å². The molecular formula is C29H36Br2N6O4. The number of anilines is 1. The maximum atomic E-state index is 14.4. The van der Waals surface area contributed by atoms with E-state index in [1.165, 1.54) is 0 Å². The third kappa shape index (κ3) is 6.76. The van der Waals surface area contributed by atoms with Crippen LogP contribution in [0, 0.1) is 0 Å². The van der Waals surface area contributed by atoms with Crippen LogP contribution in [-0.4, -0.2) is 84.2 Å². The van der Waals surface area contributed by atoms with Crippen molar-refractivity contribution >= 4 is 54.6 Å². The van der Waals surface area contributed by atoms with Gasteiger partial charge in [0.2, 0.25) is 5.91 Å². The molecule has 3 heterocycles. The molecule has 1 aliphatic heterocycles. The summed E-state index contributed by atoms with van der Waals surface area (Å²) in [5.41, 5.74) is 1.80. The maximum absolute atomic E-state index is 14.4. The minimum Gasteiger partial charge on any atom is -0.495 e. The molecule has 4 rings (SSSR count). The first-order valence-corrected chi connectivity index (χ1v) is 15.0. The fraction of sp³-hybridized carbons (Fsp3) is 0.448. The SMILES string of the molecule is COc1cc(OC)c(Br)c(-c2nc3cnc(NC(C)C)cc3n(C3CCN(C(=O)/C=C/CN(C)C)CC3)c2=O)c1Br. The number of aromatic nitrogens is 3. The molecule has 0 saturated carbocycles. The second kappa shape index (κ2) is 13.3. The molecular weight excluding hydrogens is 656 g/mol. The summed E-state index contributed by atoms with van der Waals surface area (Å²) in [7, 11) is 7.03. The number of ether oxygens (including phenoxy) is 2. The predicted octanol–water partition coefficient (Wildman–Crippen LogP) is 5.10. The number of halogens is 2. The van der Waals surface area contributed by atoms with Gasteiger partial charge in [-0.2, -0.15) is 0 Å². The van der Waals surface area contributed by atoms with Crippen molar-refractivity contribution in [2.75, 3.05) is 53.3 Å². The van der Waals surface area contributed by atoms with Crippen LogP contribution in [0.3, 0.4) is 0 Å². The van der Waals surface area contributed by atoms with Crippen LogP contribution in [0.15, 0.2) is 44.2 Å². The topological polar surface area (TPSA) is 102 Å². The number of benzene rings is 1. The number of nitrogens with zero attached hydrogens (tertiary/aromatic N) is 5. The molecule has 1 N–H and O–H groups in total. The third-order valence-electron chi connectivity index (χ3n) is 6.89. The predicted molar refractivity (Wildman–Crippen MR) is 169 cm³/mol. The Morgan fingerprint density at radius 1 is 1.15 bits per heavy atom. The lowest BCUT2D eigenvalue weighted by atomic mass is 10.0. The van der Waals surface area contributed by atoms with E-state index in [1.54, 1.807) is 32.6 Å². The number of rotatable bonds is 9. The van der Waals surface area contributed by atoms with E-state index in [0.717, 1.165) is 0 Å². The minimum atomic E-state index is -0.244. The van der Waals surface area contributed by atoms with Gasteiger partial charge in [0.1, 0.15) is 28.5 Å². The highest BCUT2D eigenvalue weighted by Gasteiger charge is 2.29. The van der Waals surface area contributed by atoms with Crippen molar-refractivity contribution in [3.63, 3.8) is 0 Å². The zero-order valence-electron chi connectivity index (χ0n) is 24.2. The van der Waals surface area contributed by atoms with Gasteiger partial charge in [0.05, 0.1) is 34.9 Å². The molecule has 0 unspecified atom stereocenters. The molecule has 10 nitrogen and oxygen atoms in total. The van der Waals surface area contributed by atoms with Crippen molar-refractivity contribution in [1.29, 1.82) is 0 Å². The number of hydrogen-bond donors (Lipinski definition) is 1. The molecule has 1 aliphatic rings. The highest BCUT2D eigenvalue weighted by atomic mass is 79.9. The van der Waals surface area contributed by atoms with E-state index in [9.17, 15) is 9.59 Å². The monoisotopic (exact) mass is 690 g/mol. The highest BCUT2D eigenvalue weighted by Crippen LogP contribution is 2.45. The van der Waals surface area contributed by atoms with E-state index < -0.39 is 0 Å². The highest BCUT2D eigenvalue weighted by molar-refractivity contribution is 9.11. The number of likely N-dealkylation sites (tertiary alicyclic amines) is 1. The van der Waals surface area contributed by atoms with Gasteiger partial charge in [-0.05, 0) is 72.6 Å². The molecule has 12 heteroatoms. The van der Waals surface area contributed by atoms with E-state index in [1.807, 2.05) is 54.5 Å². The lowest BCUT2D eigenvalue weighted by Crippen LogP contribution is -2.40. The summed E-state index contributed by atoms with van der Waals surface area (Å²) in [4.78, 5) is 40.4. The number of methoxy groups -OCH3 is 2. The first-order valence-electron chi connectivity index (χ1n) is 13.4. The van der Waals surface area contributed by atoms with Crippen molar-refractivity contribution in [3.8, 4) is 22.8 Å². The lowest BCUT2D eigenvalue weighted by molar-refractivity contribution is -0.127. The van der Waals surface area contributed by atoms with E-state index in [2.05, 4.69) is 42.2 Å². The smallest absolute Gasteiger partial charge is 0.277 e. The first-order chi connectivity index (χ1) is 19.5. The van der Waals surface area contributed by atoms with Crippen LogP contribution >= 0.6 is 31.9 Å². The molecule has 0 aliphatic carbocycles. The molecule has 220 valence electrons. The Kier molecular flexibility index (Phi) is 10.1. The standard InChI is InChI=1S/C29H36Br2N6O4/c1-17(2)33-23-14-20-19(16-32-23)34-28(25-26(30)21(40-5)15-22(41-6)27(25)31)29(39)37(20)18-9-12-36(13-10-18)24(38)8-7-11-35(3)4/h7-8,14-18H,9-13H2,1-6H3,(H,32,33)/b8-7+. The second-order valence-electron chi connectivity index (χ2n) is 10.5. The number of amides is 1. The summed E-state index contributed by atoms with van der Waals surface area (Å²) in [5.74, 6) is 1.68. The Hall–Kier alpha value is -2.96. The van der Waals surface area contributed by atoms with Gasteiger partial charge in [-0.15, -0.1) is 0 Å². The number of likely N-dealkylation sites (N-methyl/N-ethyl adjacent to an activating group) is 1. The fourth-order valence-electron chi connectivity index (χ4n) is 4.92. The third-order valence-corrected chi connectivity index (χ3v) is 8.47.